The van der Waals surface area contributed by atoms with E-state index in [1.54, 1.807) is 41.9 Å². The number of aromatic nitrogens is 3. The number of nitrogens with zero attached hydrogens (tertiary/aromatic N) is 2. The SMILES string of the molecule is CC(c1nccs1)C1CC(=O)C(=Cc2cn[nH]c2-c2ccc(F)cc2)SC1=N. The van der Waals surface area contributed by atoms with E-state index in [1.807, 2.05) is 12.3 Å². The monoisotopic (exact) mass is 412 g/mol. The Morgan fingerprint density at radius 2 is 2.14 bits per heavy atom. The number of ketones is 1. The van der Waals surface area contributed by atoms with Crippen molar-refractivity contribution in [2.45, 2.75) is 19.3 Å². The number of carbonyl (C=O) groups is 1. The summed E-state index contributed by atoms with van der Waals surface area (Å²) in [6.45, 7) is 2.02. The topological polar surface area (TPSA) is 82.5 Å². The smallest absolute Gasteiger partial charge is 0.170 e. The van der Waals surface area contributed by atoms with E-state index in [2.05, 4.69) is 15.2 Å². The van der Waals surface area contributed by atoms with Crippen molar-refractivity contribution < 1.29 is 9.18 Å². The first kappa shape index (κ1) is 18.8. The second-order valence-electron chi connectivity index (χ2n) is 6.57. The van der Waals surface area contributed by atoms with Gasteiger partial charge in [0.25, 0.3) is 0 Å². The Balaban J connectivity index is 1.58. The number of H-pyrrole nitrogens is 1. The number of hydrogen-bond donors (Lipinski definition) is 2. The van der Waals surface area contributed by atoms with Crippen molar-refractivity contribution in [3.05, 3.63) is 63.3 Å². The molecule has 0 bridgehead atoms. The van der Waals surface area contributed by atoms with Crippen molar-refractivity contribution >= 4 is 40.0 Å². The molecular weight excluding hydrogens is 395 g/mol. The highest BCUT2D eigenvalue weighted by Gasteiger charge is 2.34. The van der Waals surface area contributed by atoms with Gasteiger partial charge in [-0.05, 0) is 30.3 Å². The first-order valence-electron chi connectivity index (χ1n) is 8.73. The van der Waals surface area contributed by atoms with Crippen LogP contribution in [0, 0.1) is 17.1 Å². The molecule has 0 spiro atoms. The maximum Gasteiger partial charge on any atom is 0.170 e. The van der Waals surface area contributed by atoms with Crippen LogP contribution in [0.1, 0.15) is 29.8 Å². The van der Waals surface area contributed by atoms with Gasteiger partial charge in [-0.2, -0.15) is 5.10 Å². The molecule has 142 valence electrons. The van der Waals surface area contributed by atoms with Crippen LogP contribution in [0.2, 0.25) is 0 Å². The van der Waals surface area contributed by atoms with Gasteiger partial charge in [0.05, 0.1) is 26.8 Å². The van der Waals surface area contributed by atoms with Gasteiger partial charge in [-0.1, -0.05) is 18.7 Å². The minimum Gasteiger partial charge on any atom is -0.298 e. The summed E-state index contributed by atoms with van der Waals surface area (Å²) in [7, 11) is 0. The van der Waals surface area contributed by atoms with Crippen LogP contribution in [-0.4, -0.2) is 26.0 Å². The van der Waals surface area contributed by atoms with Gasteiger partial charge in [0.2, 0.25) is 0 Å². The number of benzene rings is 1. The highest BCUT2D eigenvalue weighted by molar-refractivity contribution is 8.18. The molecule has 3 aromatic rings. The second-order valence-corrected chi connectivity index (χ2v) is 8.58. The molecule has 2 unspecified atom stereocenters. The van der Waals surface area contributed by atoms with Crippen LogP contribution < -0.4 is 0 Å². The van der Waals surface area contributed by atoms with Gasteiger partial charge in [0.15, 0.2) is 5.78 Å². The Bertz CT molecular complexity index is 1040. The number of carbonyl (C=O) groups excluding carboxylic acids is 1. The number of halogens is 1. The average molecular weight is 413 g/mol. The molecule has 1 saturated heterocycles. The Labute approximate surface area is 169 Å². The molecule has 0 aliphatic carbocycles. The van der Waals surface area contributed by atoms with E-state index in [9.17, 15) is 9.18 Å². The number of thioether (sulfide) groups is 1. The van der Waals surface area contributed by atoms with Crippen molar-refractivity contribution in [3.63, 3.8) is 0 Å². The summed E-state index contributed by atoms with van der Waals surface area (Å²) in [6.07, 6.45) is 5.43. The number of Topliss-reactive ketones (excluding diaryl/α,β-unsaturated/α-hetero) is 1. The van der Waals surface area contributed by atoms with Gasteiger partial charge < -0.3 is 0 Å². The number of hydrogen-bond acceptors (Lipinski definition) is 6. The van der Waals surface area contributed by atoms with Gasteiger partial charge in [0, 0.05) is 41.0 Å². The number of thiazole rings is 1. The molecule has 0 amide bonds. The van der Waals surface area contributed by atoms with E-state index < -0.39 is 0 Å². The summed E-state index contributed by atoms with van der Waals surface area (Å²) >= 11 is 2.75. The minimum absolute atomic E-state index is 0.0145. The maximum absolute atomic E-state index is 13.2. The predicted octanol–water partition coefficient (Wildman–Crippen LogP) is 5.12. The third kappa shape index (κ3) is 3.70. The molecule has 4 rings (SSSR count). The Morgan fingerprint density at radius 3 is 2.86 bits per heavy atom. The second kappa shape index (κ2) is 7.81. The van der Waals surface area contributed by atoms with Crippen molar-refractivity contribution in [3.8, 4) is 11.3 Å². The highest BCUT2D eigenvalue weighted by Crippen LogP contribution is 2.41. The summed E-state index contributed by atoms with van der Waals surface area (Å²) < 4.78 is 13.2. The molecule has 1 aliphatic rings. The van der Waals surface area contributed by atoms with E-state index >= 15 is 0 Å². The van der Waals surface area contributed by atoms with Crippen LogP contribution in [0.15, 0.2) is 46.9 Å². The lowest BCUT2D eigenvalue weighted by Gasteiger charge is -2.27. The van der Waals surface area contributed by atoms with Crippen LogP contribution >= 0.6 is 23.1 Å². The predicted molar refractivity (Wildman–Crippen MR) is 111 cm³/mol. The zero-order valence-electron chi connectivity index (χ0n) is 15.0. The summed E-state index contributed by atoms with van der Waals surface area (Å²) in [5.74, 6) is -0.411. The molecule has 1 fully saturated rings. The Morgan fingerprint density at radius 1 is 1.36 bits per heavy atom. The zero-order chi connectivity index (χ0) is 19.7. The van der Waals surface area contributed by atoms with Crippen molar-refractivity contribution in [1.82, 2.24) is 15.2 Å². The van der Waals surface area contributed by atoms with Crippen molar-refractivity contribution in [1.29, 1.82) is 5.41 Å². The molecule has 1 aliphatic heterocycles. The third-order valence-corrected chi connectivity index (χ3v) is 6.83. The number of aromatic amines is 1. The zero-order valence-corrected chi connectivity index (χ0v) is 16.6. The molecular formula is C20H17FN4OS2. The van der Waals surface area contributed by atoms with Crippen LogP contribution in [0.25, 0.3) is 17.3 Å². The summed E-state index contributed by atoms with van der Waals surface area (Å²) in [5.41, 5.74) is 2.23. The number of nitrogens with one attached hydrogen (secondary N) is 2. The summed E-state index contributed by atoms with van der Waals surface area (Å²) in [4.78, 5) is 17.6. The van der Waals surface area contributed by atoms with E-state index in [0.29, 0.717) is 22.1 Å². The van der Waals surface area contributed by atoms with Gasteiger partial charge in [-0.15, -0.1) is 11.3 Å². The van der Waals surface area contributed by atoms with Crippen LogP contribution in [0.3, 0.4) is 0 Å². The molecule has 0 radical (unpaired) electrons. The van der Waals surface area contributed by atoms with Crippen LogP contribution in [-0.2, 0) is 4.79 Å². The Hall–Kier alpha value is -2.58. The van der Waals surface area contributed by atoms with Gasteiger partial charge in [0.1, 0.15) is 5.82 Å². The molecule has 3 heterocycles. The summed E-state index contributed by atoms with van der Waals surface area (Å²) in [5, 5.41) is 18.8. The lowest BCUT2D eigenvalue weighted by atomic mass is 9.89. The molecule has 28 heavy (non-hydrogen) atoms. The molecule has 8 heteroatoms. The highest BCUT2D eigenvalue weighted by atomic mass is 32.2. The molecule has 2 atom stereocenters. The first-order valence-corrected chi connectivity index (χ1v) is 10.4. The molecule has 1 aromatic carbocycles. The van der Waals surface area contributed by atoms with E-state index in [1.165, 1.54) is 23.9 Å². The van der Waals surface area contributed by atoms with Gasteiger partial charge in [-0.25, -0.2) is 9.37 Å². The normalized spacial score (nSPS) is 19.9. The minimum atomic E-state index is -0.310. The first-order chi connectivity index (χ1) is 13.5. The fourth-order valence-corrected chi connectivity index (χ4v) is 5.00. The quantitative estimate of drug-likeness (QED) is 0.583. The molecule has 0 saturated carbocycles. The molecule has 2 N–H and O–H groups in total. The Kier molecular flexibility index (Phi) is 5.23. The third-order valence-electron chi connectivity index (χ3n) is 4.77. The fourth-order valence-electron chi connectivity index (χ4n) is 3.18. The maximum atomic E-state index is 13.2. The lowest BCUT2D eigenvalue weighted by Crippen LogP contribution is -2.26. The standard InChI is InChI=1S/C20H17FN4OS2/c1-11(20-23-6-7-27-20)15-9-16(26)17(28-19(15)22)8-13-10-24-25-18(13)12-2-4-14(21)5-3-12/h2-8,10-11,15,22H,9H2,1H3,(H,24,25). The fraction of sp³-hybridized carbons (Fsp3) is 0.200. The van der Waals surface area contributed by atoms with Crippen molar-refractivity contribution in [2.24, 2.45) is 5.92 Å². The van der Waals surface area contributed by atoms with E-state index in [-0.39, 0.29) is 23.4 Å². The number of rotatable bonds is 4. The lowest BCUT2D eigenvalue weighted by molar-refractivity contribution is -0.115. The van der Waals surface area contributed by atoms with E-state index in [4.69, 9.17) is 5.41 Å². The average Bonchev–Trinajstić information content (AvgIpc) is 3.37. The number of allylic oxidation sites excluding steroid dienone is 1. The summed E-state index contributed by atoms with van der Waals surface area (Å²) in [6, 6.07) is 6.09. The van der Waals surface area contributed by atoms with Gasteiger partial charge in [-0.3, -0.25) is 15.3 Å². The molecule has 5 nitrogen and oxygen atoms in total. The largest absolute Gasteiger partial charge is 0.298 e. The van der Waals surface area contributed by atoms with E-state index in [0.717, 1.165) is 16.1 Å². The van der Waals surface area contributed by atoms with Crippen molar-refractivity contribution in [2.75, 3.05) is 0 Å². The van der Waals surface area contributed by atoms with Crippen LogP contribution in [0.5, 0.6) is 0 Å². The van der Waals surface area contributed by atoms with Gasteiger partial charge >= 0.3 is 0 Å². The van der Waals surface area contributed by atoms with Crippen LogP contribution in [0.4, 0.5) is 4.39 Å². The molecule has 2 aromatic heterocycles.